The Morgan fingerprint density at radius 3 is 2.44 bits per heavy atom. The molecule has 0 spiro atoms. The number of halogens is 1. The van der Waals surface area contributed by atoms with Gasteiger partial charge in [0.25, 0.3) is 5.91 Å². The molecule has 1 aliphatic rings. The smallest absolute Gasteiger partial charge is 0.274 e. The van der Waals surface area contributed by atoms with Gasteiger partial charge in [-0.15, -0.1) is 0 Å². The summed E-state index contributed by atoms with van der Waals surface area (Å²) < 4.78 is 41.7. The van der Waals surface area contributed by atoms with Crippen molar-refractivity contribution in [2.24, 2.45) is 0 Å². The van der Waals surface area contributed by atoms with Crippen LogP contribution in [0.1, 0.15) is 35.3 Å². The molecule has 8 heteroatoms. The molecule has 0 atom stereocenters. The van der Waals surface area contributed by atoms with Crippen LogP contribution in [0, 0.1) is 5.82 Å². The number of hydrogen-bond donors (Lipinski definition) is 2. The van der Waals surface area contributed by atoms with Gasteiger partial charge in [0, 0.05) is 24.1 Å². The minimum atomic E-state index is -3.81. The molecule has 0 saturated carbocycles. The van der Waals surface area contributed by atoms with Crippen molar-refractivity contribution in [2.75, 3.05) is 6.54 Å². The Labute approximate surface area is 186 Å². The molecule has 0 aromatic heterocycles. The summed E-state index contributed by atoms with van der Waals surface area (Å²) in [5.74, 6) is -0.970. The van der Waals surface area contributed by atoms with Crippen molar-refractivity contribution < 1.29 is 22.8 Å². The van der Waals surface area contributed by atoms with Crippen molar-refractivity contribution in [3.05, 3.63) is 89.2 Å². The van der Waals surface area contributed by atoms with Crippen LogP contribution in [0.15, 0.2) is 71.6 Å². The molecular formula is C24H23FN2O4S. The lowest BCUT2D eigenvalue weighted by Crippen LogP contribution is -2.45. The zero-order valence-corrected chi connectivity index (χ0v) is 18.5. The van der Waals surface area contributed by atoms with Gasteiger partial charge in [0.05, 0.1) is 4.90 Å². The number of carbonyl (C=O) groups is 1. The highest BCUT2D eigenvalue weighted by Gasteiger charge is 2.38. The number of carbonyl (C=O) groups excluding carboxylic acids is 1. The number of hydrogen-bond acceptors (Lipinski definition) is 4. The van der Waals surface area contributed by atoms with E-state index in [0.29, 0.717) is 11.1 Å². The number of hydroxylamine groups is 1. The third kappa shape index (κ3) is 4.04. The summed E-state index contributed by atoms with van der Waals surface area (Å²) in [5, 5.41) is 8.91. The Hall–Kier alpha value is -3.07. The number of benzene rings is 3. The summed E-state index contributed by atoms with van der Waals surface area (Å²) in [4.78, 5) is 12.0. The lowest BCUT2D eigenvalue weighted by atomic mass is 9.78. The molecule has 0 fully saturated rings. The summed E-state index contributed by atoms with van der Waals surface area (Å²) in [6.07, 6.45) is 0. The fourth-order valence-electron chi connectivity index (χ4n) is 4.12. The van der Waals surface area contributed by atoms with Gasteiger partial charge in [-0.25, -0.2) is 18.3 Å². The predicted octanol–water partition coefficient (Wildman–Crippen LogP) is 4.09. The van der Waals surface area contributed by atoms with Crippen LogP contribution < -0.4 is 5.48 Å². The van der Waals surface area contributed by atoms with Crippen molar-refractivity contribution in [3.8, 4) is 11.1 Å². The van der Waals surface area contributed by atoms with E-state index < -0.39 is 21.3 Å². The molecule has 0 saturated heterocycles. The highest BCUT2D eigenvalue weighted by Crippen LogP contribution is 2.37. The topological polar surface area (TPSA) is 86.7 Å². The molecule has 0 unspecified atom stereocenters. The van der Waals surface area contributed by atoms with Crippen LogP contribution in [0.25, 0.3) is 11.1 Å². The maximum Gasteiger partial charge on any atom is 0.274 e. The lowest BCUT2D eigenvalue weighted by molar-refractivity contribution is 0.0706. The highest BCUT2D eigenvalue weighted by molar-refractivity contribution is 7.89. The van der Waals surface area contributed by atoms with Crippen LogP contribution >= 0.6 is 0 Å². The quantitative estimate of drug-likeness (QED) is 0.459. The SMILES string of the molecule is CC1(C)CN(S(=O)(=O)c2cccc(-c3ccc(F)cc3)c2)Cc2ccc(C(=O)NO)cc21. The maximum atomic E-state index is 13.5. The Morgan fingerprint density at radius 2 is 1.75 bits per heavy atom. The van der Waals surface area contributed by atoms with E-state index in [0.717, 1.165) is 16.7 Å². The molecule has 0 radical (unpaired) electrons. The molecule has 4 rings (SSSR count). The molecule has 166 valence electrons. The minimum Gasteiger partial charge on any atom is -0.288 e. The molecule has 1 amide bonds. The third-order valence-electron chi connectivity index (χ3n) is 5.77. The standard InChI is InChI=1S/C24H23FN2O4S/c1-24(2)15-27(14-19-7-6-18(13-22(19)24)23(28)26-29)32(30,31)21-5-3-4-17(12-21)16-8-10-20(25)11-9-16/h3-13,29H,14-15H2,1-2H3,(H,26,28). The fraction of sp³-hybridized carbons (Fsp3) is 0.208. The van der Waals surface area contributed by atoms with Crippen molar-refractivity contribution in [2.45, 2.75) is 30.7 Å². The van der Waals surface area contributed by atoms with E-state index in [1.807, 2.05) is 13.8 Å². The van der Waals surface area contributed by atoms with Crippen LogP contribution in [0.4, 0.5) is 4.39 Å². The average Bonchev–Trinajstić information content (AvgIpc) is 2.78. The van der Waals surface area contributed by atoms with Crippen LogP contribution in [0.5, 0.6) is 0 Å². The summed E-state index contributed by atoms with van der Waals surface area (Å²) in [6.45, 7) is 4.24. The normalized spacial score (nSPS) is 15.8. The molecule has 3 aromatic rings. The minimum absolute atomic E-state index is 0.162. The molecule has 0 aliphatic carbocycles. The van der Waals surface area contributed by atoms with E-state index in [1.165, 1.54) is 16.4 Å². The Kier molecular flexibility index (Phi) is 5.62. The Balaban J connectivity index is 1.69. The second-order valence-corrected chi connectivity index (χ2v) is 10.4. The number of sulfonamides is 1. The van der Waals surface area contributed by atoms with Gasteiger partial charge in [0.2, 0.25) is 10.0 Å². The summed E-state index contributed by atoms with van der Waals surface area (Å²) in [6, 6.07) is 17.5. The molecule has 6 nitrogen and oxygen atoms in total. The average molecular weight is 455 g/mol. The summed E-state index contributed by atoms with van der Waals surface area (Å²) in [5.41, 5.74) is 4.45. The van der Waals surface area contributed by atoms with Gasteiger partial charge >= 0.3 is 0 Å². The third-order valence-corrected chi connectivity index (χ3v) is 7.56. The first-order chi connectivity index (χ1) is 15.1. The van der Waals surface area contributed by atoms with Gasteiger partial charge in [-0.05, 0) is 58.7 Å². The zero-order valence-electron chi connectivity index (χ0n) is 17.7. The van der Waals surface area contributed by atoms with E-state index >= 15 is 0 Å². The first-order valence-electron chi connectivity index (χ1n) is 10.1. The predicted molar refractivity (Wildman–Crippen MR) is 118 cm³/mol. The first-order valence-corrected chi connectivity index (χ1v) is 11.5. The Bertz CT molecular complexity index is 1290. The number of fused-ring (bicyclic) bond motifs is 1. The highest BCUT2D eigenvalue weighted by atomic mass is 32.2. The van der Waals surface area contributed by atoms with E-state index in [4.69, 9.17) is 5.21 Å². The number of amides is 1. The van der Waals surface area contributed by atoms with E-state index in [-0.39, 0.29) is 23.8 Å². The number of rotatable bonds is 4. The van der Waals surface area contributed by atoms with Crippen LogP contribution in [0.2, 0.25) is 0 Å². The van der Waals surface area contributed by atoms with Gasteiger partial charge in [0.15, 0.2) is 0 Å². The molecule has 0 bridgehead atoms. The van der Waals surface area contributed by atoms with E-state index in [2.05, 4.69) is 0 Å². The zero-order chi connectivity index (χ0) is 23.1. The lowest BCUT2D eigenvalue weighted by Gasteiger charge is -2.39. The Morgan fingerprint density at radius 1 is 1.03 bits per heavy atom. The van der Waals surface area contributed by atoms with E-state index in [9.17, 15) is 17.6 Å². The number of nitrogens with one attached hydrogen (secondary N) is 1. The van der Waals surface area contributed by atoms with Crippen molar-refractivity contribution in [3.63, 3.8) is 0 Å². The number of nitrogens with zero attached hydrogens (tertiary/aromatic N) is 1. The second kappa shape index (κ2) is 8.12. The van der Waals surface area contributed by atoms with Gasteiger partial charge < -0.3 is 0 Å². The molecule has 1 aliphatic heterocycles. The van der Waals surface area contributed by atoms with Crippen molar-refractivity contribution in [1.29, 1.82) is 0 Å². The molecule has 2 N–H and O–H groups in total. The fourth-order valence-corrected chi connectivity index (χ4v) is 5.75. The molecule has 3 aromatic carbocycles. The maximum absolute atomic E-state index is 13.5. The van der Waals surface area contributed by atoms with Crippen molar-refractivity contribution >= 4 is 15.9 Å². The van der Waals surface area contributed by atoms with Crippen LogP contribution in [-0.4, -0.2) is 30.4 Å². The van der Waals surface area contributed by atoms with E-state index in [1.54, 1.807) is 60.1 Å². The van der Waals surface area contributed by atoms with Gasteiger partial charge in [-0.3, -0.25) is 10.0 Å². The molecule has 32 heavy (non-hydrogen) atoms. The van der Waals surface area contributed by atoms with Crippen LogP contribution in [-0.2, 0) is 22.0 Å². The second-order valence-electron chi connectivity index (χ2n) is 8.50. The molecule has 1 heterocycles. The van der Waals surface area contributed by atoms with Gasteiger partial charge in [0.1, 0.15) is 5.82 Å². The summed E-state index contributed by atoms with van der Waals surface area (Å²) in [7, 11) is -3.81. The summed E-state index contributed by atoms with van der Waals surface area (Å²) >= 11 is 0. The van der Waals surface area contributed by atoms with Gasteiger partial charge in [-0.2, -0.15) is 4.31 Å². The van der Waals surface area contributed by atoms with Gasteiger partial charge in [-0.1, -0.05) is 44.2 Å². The van der Waals surface area contributed by atoms with Crippen molar-refractivity contribution in [1.82, 2.24) is 9.79 Å². The van der Waals surface area contributed by atoms with Crippen LogP contribution in [0.3, 0.4) is 0 Å². The molecular weight excluding hydrogens is 431 g/mol. The monoisotopic (exact) mass is 454 g/mol. The largest absolute Gasteiger partial charge is 0.288 e. The first kappa shape index (κ1) is 22.1.